The van der Waals surface area contributed by atoms with E-state index in [0.29, 0.717) is 0 Å². The summed E-state index contributed by atoms with van der Waals surface area (Å²) in [5, 5.41) is 0. The maximum absolute atomic E-state index is 3.23. The fourth-order valence-electron chi connectivity index (χ4n) is 2.04. The quantitative estimate of drug-likeness (QED) is 0.533. The van der Waals surface area contributed by atoms with Gasteiger partial charge in [-0.1, -0.05) is 12.2 Å². The van der Waals surface area contributed by atoms with E-state index in [4.69, 9.17) is 0 Å². The highest BCUT2D eigenvalue weighted by Gasteiger charge is 2.26. The lowest BCUT2D eigenvalue weighted by molar-refractivity contribution is 0.559. The third-order valence-corrected chi connectivity index (χ3v) is 2.59. The van der Waals surface area contributed by atoms with Crippen LogP contribution in [0.15, 0.2) is 34.6 Å². The second-order valence-corrected chi connectivity index (χ2v) is 3.22. The lowest BCUT2D eigenvalue weighted by Crippen LogP contribution is -2.37. The zero-order valence-electron chi connectivity index (χ0n) is 6.28. The lowest BCUT2D eigenvalue weighted by Gasteiger charge is -2.21. The van der Waals surface area contributed by atoms with Gasteiger partial charge in [-0.15, -0.1) is 0 Å². The Kier molecular flexibility index (Phi) is 0.902. The molecule has 11 heavy (non-hydrogen) atoms. The molecular weight excluding hydrogens is 136 g/mol. The summed E-state index contributed by atoms with van der Waals surface area (Å²) >= 11 is 0. The minimum atomic E-state index is 1.06. The Morgan fingerprint density at radius 3 is 3.00 bits per heavy atom. The molecule has 0 aromatic carbocycles. The van der Waals surface area contributed by atoms with Crippen molar-refractivity contribution in [2.75, 3.05) is 6.54 Å². The van der Waals surface area contributed by atoms with Crippen molar-refractivity contribution in [3.63, 3.8) is 0 Å². The normalized spacial score (nSPS) is 26.2. The van der Waals surface area contributed by atoms with Gasteiger partial charge >= 0.3 is 0 Å². The number of fused-ring (bicyclic) bond motifs is 3. The van der Waals surface area contributed by atoms with Crippen LogP contribution >= 0.6 is 0 Å². The minimum Gasteiger partial charge on any atom is -0.321 e. The van der Waals surface area contributed by atoms with Crippen LogP contribution in [0.25, 0.3) is 0 Å². The Hall–Kier alpha value is -1.02. The van der Waals surface area contributed by atoms with Crippen LogP contribution in [0.5, 0.6) is 0 Å². The topological polar surface area (TPSA) is 24.1 Å². The van der Waals surface area contributed by atoms with Crippen LogP contribution in [0.4, 0.5) is 0 Å². The van der Waals surface area contributed by atoms with E-state index >= 15 is 0 Å². The Bertz CT molecular complexity index is 278. The van der Waals surface area contributed by atoms with Crippen molar-refractivity contribution in [1.82, 2.24) is 10.9 Å². The summed E-state index contributed by atoms with van der Waals surface area (Å²) in [5.74, 6) is 0. The second-order valence-electron chi connectivity index (χ2n) is 3.22. The third kappa shape index (κ3) is 0.601. The molecule has 3 rings (SSSR count). The van der Waals surface area contributed by atoms with Gasteiger partial charge in [-0.3, -0.25) is 0 Å². The van der Waals surface area contributed by atoms with Crippen molar-refractivity contribution in [2.24, 2.45) is 0 Å². The molecule has 0 unspecified atom stereocenters. The van der Waals surface area contributed by atoms with Crippen molar-refractivity contribution in [3.8, 4) is 0 Å². The largest absolute Gasteiger partial charge is 0.321 e. The molecule has 0 saturated carbocycles. The highest BCUT2D eigenvalue weighted by molar-refractivity contribution is 5.60. The summed E-state index contributed by atoms with van der Waals surface area (Å²) in [6.07, 6.45) is 6.82. The summed E-state index contributed by atoms with van der Waals surface area (Å²) in [4.78, 5) is 0. The van der Waals surface area contributed by atoms with Gasteiger partial charge in [0.2, 0.25) is 0 Å². The van der Waals surface area contributed by atoms with E-state index in [1.165, 1.54) is 29.7 Å². The summed E-state index contributed by atoms with van der Waals surface area (Å²) < 4.78 is 0. The van der Waals surface area contributed by atoms with E-state index in [1.807, 2.05) is 0 Å². The van der Waals surface area contributed by atoms with Gasteiger partial charge in [-0.25, -0.2) is 5.43 Å². The zero-order valence-corrected chi connectivity index (χ0v) is 6.28. The highest BCUT2D eigenvalue weighted by Crippen LogP contribution is 2.39. The Morgan fingerprint density at radius 1 is 1.18 bits per heavy atom. The fourth-order valence-corrected chi connectivity index (χ4v) is 2.04. The van der Waals surface area contributed by atoms with E-state index in [-0.39, 0.29) is 0 Å². The van der Waals surface area contributed by atoms with Crippen LogP contribution in [-0.2, 0) is 0 Å². The fraction of sp³-hybridized carbons (Fsp3) is 0.333. The van der Waals surface area contributed by atoms with Crippen LogP contribution in [0, 0.1) is 0 Å². The molecule has 3 aliphatic rings. The van der Waals surface area contributed by atoms with Crippen LogP contribution in [0.1, 0.15) is 12.8 Å². The van der Waals surface area contributed by atoms with E-state index in [0.717, 1.165) is 6.54 Å². The second kappa shape index (κ2) is 1.77. The molecular formula is C9H10N2. The van der Waals surface area contributed by atoms with Gasteiger partial charge in [0.1, 0.15) is 0 Å². The Labute approximate surface area is 65.6 Å². The average molecular weight is 146 g/mol. The smallest absolute Gasteiger partial charge is 0.0558 e. The van der Waals surface area contributed by atoms with Crippen molar-refractivity contribution >= 4 is 0 Å². The maximum Gasteiger partial charge on any atom is 0.0558 e. The van der Waals surface area contributed by atoms with Gasteiger partial charge in [0.25, 0.3) is 0 Å². The number of hydrogen-bond acceptors (Lipinski definition) is 2. The molecule has 0 amide bonds. The highest BCUT2D eigenvalue weighted by atomic mass is 15.4. The molecule has 0 atom stereocenters. The van der Waals surface area contributed by atoms with Crippen LogP contribution in [-0.4, -0.2) is 6.54 Å². The van der Waals surface area contributed by atoms with Crippen LogP contribution in [0.2, 0.25) is 0 Å². The Morgan fingerprint density at radius 2 is 2.09 bits per heavy atom. The number of rotatable bonds is 0. The van der Waals surface area contributed by atoms with Crippen molar-refractivity contribution in [1.29, 1.82) is 0 Å². The van der Waals surface area contributed by atoms with Crippen LogP contribution in [0.3, 0.4) is 0 Å². The number of allylic oxidation sites excluding steroid dienone is 5. The number of hydrazine groups is 1. The van der Waals surface area contributed by atoms with Gasteiger partial charge in [0, 0.05) is 6.54 Å². The molecule has 1 saturated heterocycles. The molecule has 2 bridgehead atoms. The molecule has 1 aliphatic heterocycles. The molecule has 0 spiro atoms. The maximum atomic E-state index is 3.23. The lowest BCUT2D eigenvalue weighted by atomic mass is 10.0. The molecule has 1 heterocycles. The van der Waals surface area contributed by atoms with E-state index in [1.54, 1.807) is 5.57 Å². The molecule has 2 heteroatoms. The van der Waals surface area contributed by atoms with Gasteiger partial charge in [0.05, 0.1) is 5.70 Å². The molecule has 2 aliphatic carbocycles. The third-order valence-electron chi connectivity index (χ3n) is 2.59. The predicted molar refractivity (Wildman–Crippen MR) is 43.6 cm³/mol. The van der Waals surface area contributed by atoms with Gasteiger partial charge in [-0.2, -0.15) is 0 Å². The van der Waals surface area contributed by atoms with Gasteiger partial charge < -0.3 is 5.43 Å². The van der Waals surface area contributed by atoms with E-state index in [2.05, 4.69) is 23.0 Å². The van der Waals surface area contributed by atoms with Crippen molar-refractivity contribution in [2.45, 2.75) is 12.8 Å². The zero-order chi connectivity index (χ0) is 7.26. The summed E-state index contributed by atoms with van der Waals surface area (Å²) in [6, 6.07) is 0. The summed E-state index contributed by atoms with van der Waals surface area (Å²) in [7, 11) is 0. The summed E-state index contributed by atoms with van der Waals surface area (Å²) in [5.41, 5.74) is 12.3. The SMILES string of the molecule is C1=CC2=C3NNCCC3=C1C2. The first-order valence-corrected chi connectivity index (χ1v) is 4.07. The summed E-state index contributed by atoms with van der Waals surface area (Å²) in [6.45, 7) is 1.06. The molecule has 0 aromatic rings. The monoisotopic (exact) mass is 146 g/mol. The van der Waals surface area contributed by atoms with Gasteiger partial charge in [-0.05, 0) is 29.6 Å². The van der Waals surface area contributed by atoms with Gasteiger partial charge in [0.15, 0.2) is 0 Å². The van der Waals surface area contributed by atoms with E-state index in [9.17, 15) is 0 Å². The molecule has 2 N–H and O–H groups in total. The Balaban J connectivity index is 2.17. The first kappa shape index (κ1) is 5.61. The first-order chi connectivity index (χ1) is 5.45. The molecule has 0 radical (unpaired) electrons. The first-order valence-electron chi connectivity index (χ1n) is 4.07. The van der Waals surface area contributed by atoms with Crippen molar-refractivity contribution < 1.29 is 0 Å². The molecule has 0 aromatic heterocycles. The van der Waals surface area contributed by atoms with Crippen LogP contribution < -0.4 is 10.9 Å². The average Bonchev–Trinajstić information content (AvgIpc) is 2.64. The molecule has 2 nitrogen and oxygen atoms in total. The molecule has 56 valence electrons. The number of hydrogen-bond donors (Lipinski definition) is 2. The number of nitrogens with one attached hydrogen (secondary N) is 2. The minimum absolute atomic E-state index is 1.06. The van der Waals surface area contributed by atoms with Crippen molar-refractivity contribution in [3.05, 3.63) is 34.6 Å². The predicted octanol–water partition coefficient (Wildman–Crippen LogP) is 1.01. The van der Waals surface area contributed by atoms with E-state index < -0.39 is 0 Å². The standard InChI is InChI=1S/C9H10N2/c1-2-7-5-6(1)8-3-4-10-11-9(7)8/h1-2,10-11H,3-5H2. The molecule has 1 fully saturated rings.